The van der Waals surface area contributed by atoms with Crippen LogP contribution in [0.4, 0.5) is 0 Å². The topological polar surface area (TPSA) is 142 Å². The first-order chi connectivity index (χ1) is 12.4. The summed E-state index contributed by atoms with van der Waals surface area (Å²) in [6.07, 6.45) is -0.341. The summed E-state index contributed by atoms with van der Waals surface area (Å²) in [6.45, 7) is 2.54. The largest absolute Gasteiger partial charge is 0.480 e. The number of aromatic nitrogens is 2. The molecule has 0 aliphatic rings. The maximum atomic E-state index is 10.6. The molecule has 0 bridgehead atoms. The zero-order valence-electron chi connectivity index (χ0n) is 14.8. The van der Waals surface area contributed by atoms with E-state index in [0.717, 1.165) is 11.9 Å². The van der Waals surface area contributed by atoms with Gasteiger partial charge in [0.1, 0.15) is 12.1 Å². The average Bonchev–Trinajstić information content (AvgIpc) is 2.62. The van der Waals surface area contributed by atoms with Gasteiger partial charge in [-0.2, -0.15) is 0 Å². The summed E-state index contributed by atoms with van der Waals surface area (Å²) in [5, 5.41) is 32.4. The van der Waals surface area contributed by atoms with Gasteiger partial charge in [0.2, 0.25) is 0 Å². The summed E-state index contributed by atoms with van der Waals surface area (Å²) in [7, 11) is 0. The molecular formula is C18H26N4O4. The Balaban J connectivity index is 1.81. The first kappa shape index (κ1) is 20.2. The molecule has 142 valence electrons. The van der Waals surface area contributed by atoms with Crippen LogP contribution in [-0.4, -0.2) is 56.5 Å². The molecule has 8 nitrogen and oxygen atoms in total. The van der Waals surface area contributed by atoms with Crippen molar-refractivity contribution in [3.63, 3.8) is 0 Å². The Bertz CT molecular complexity index is 740. The quantitative estimate of drug-likeness (QED) is 0.385. The lowest BCUT2D eigenvalue weighted by atomic mass is 10.1. The molecule has 2 aromatic rings. The van der Waals surface area contributed by atoms with Crippen molar-refractivity contribution < 1.29 is 20.1 Å². The van der Waals surface area contributed by atoms with Gasteiger partial charge in [-0.15, -0.1) is 0 Å². The summed E-state index contributed by atoms with van der Waals surface area (Å²) in [4.78, 5) is 19.5. The molecule has 0 aliphatic carbocycles. The normalized spacial score (nSPS) is 14.9. The highest BCUT2D eigenvalue weighted by molar-refractivity contribution is 5.74. The summed E-state index contributed by atoms with van der Waals surface area (Å²) in [6, 6.07) is 6.53. The molecule has 0 fully saturated rings. The van der Waals surface area contributed by atoms with E-state index in [2.05, 4.69) is 15.3 Å². The molecule has 0 amide bonds. The number of hydrogen-bond acceptors (Lipinski definition) is 7. The maximum absolute atomic E-state index is 10.6. The number of fused-ring (bicyclic) bond motifs is 1. The number of unbranched alkanes of at least 4 members (excludes halogenated alkanes) is 1. The Hall–Kier alpha value is -2.13. The van der Waals surface area contributed by atoms with Crippen LogP contribution in [0.1, 0.15) is 36.8 Å². The minimum atomic E-state index is -1.14. The van der Waals surface area contributed by atoms with Crippen molar-refractivity contribution >= 4 is 17.0 Å². The lowest BCUT2D eigenvalue weighted by Gasteiger charge is -2.19. The van der Waals surface area contributed by atoms with Crippen molar-refractivity contribution in [2.24, 2.45) is 5.73 Å². The number of aliphatic hydroxyl groups is 2. The van der Waals surface area contributed by atoms with Crippen LogP contribution in [0.3, 0.4) is 0 Å². The Morgan fingerprint density at radius 1 is 1.19 bits per heavy atom. The zero-order chi connectivity index (χ0) is 19.1. The molecule has 0 saturated carbocycles. The van der Waals surface area contributed by atoms with Gasteiger partial charge in [-0.1, -0.05) is 18.6 Å². The number of nitrogens with one attached hydrogen (secondary N) is 1. The van der Waals surface area contributed by atoms with Gasteiger partial charge < -0.3 is 26.4 Å². The molecule has 0 saturated heterocycles. The number of carboxylic acids is 1. The van der Waals surface area contributed by atoms with Gasteiger partial charge >= 0.3 is 5.97 Å². The first-order valence-electron chi connectivity index (χ1n) is 8.68. The van der Waals surface area contributed by atoms with Gasteiger partial charge in [0.25, 0.3) is 0 Å². The number of aryl methyl sites for hydroxylation is 1. The van der Waals surface area contributed by atoms with Gasteiger partial charge in [0.15, 0.2) is 0 Å². The van der Waals surface area contributed by atoms with E-state index < -0.39 is 24.2 Å². The van der Waals surface area contributed by atoms with Crippen LogP contribution in [0, 0.1) is 6.92 Å². The number of carbonyl (C=O) groups is 1. The number of hydrogen-bond donors (Lipinski definition) is 5. The molecule has 2 rings (SSSR count). The molecule has 0 spiro atoms. The second-order valence-electron chi connectivity index (χ2n) is 6.34. The van der Waals surface area contributed by atoms with Crippen molar-refractivity contribution in [1.82, 2.24) is 15.3 Å². The highest BCUT2D eigenvalue weighted by atomic mass is 16.4. The van der Waals surface area contributed by atoms with E-state index >= 15 is 0 Å². The number of rotatable bonds is 10. The van der Waals surface area contributed by atoms with Gasteiger partial charge in [0.05, 0.1) is 28.5 Å². The molecular weight excluding hydrogens is 336 g/mol. The molecule has 8 heteroatoms. The number of nitrogens with zero attached hydrogens (tertiary/aromatic N) is 2. The lowest BCUT2D eigenvalue weighted by molar-refractivity contribution is -0.138. The zero-order valence-corrected chi connectivity index (χ0v) is 14.8. The molecule has 3 atom stereocenters. The fourth-order valence-electron chi connectivity index (χ4n) is 2.66. The van der Waals surface area contributed by atoms with E-state index in [1.165, 1.54) is 0 Å². The van der Waals surface area contributed by atoms with Gasteiger partial charge in [-0.25, -0.2) is 9.97 Å². The molecule has 1 aromatic carbocycles. The van der Waals surface area contributed by atoms with E-state index in [4.69, 9.17) is 10.8 Å². The highest BCUT2D eigenvalue weighted by Crippen LogP contribution is 2.20. The summed E-state index contributed by atoms with van der Waals surface area (Å²) in [5.74, 6) is -0.997. The van der Waals surface area contributed by atoms with E-state index in [9.17, 15) is 15.0 Å². The molecule has 6 N–H and O–H groups in total. The molecule has 0 aliphatic heterocycles. The Morgan fingerprint density at radius 3 is 2.50 bits per heavy atom. The van der Waals surface area contributed by atoms with Crippen molar-refractivity contribution in [1.29, 1.82) is 0 Å². The number of carboxylic acid groups (broad SMARTS) is 1. The highest BCUT2D eigenvalue weighted by Gasteiger charge is 2.22. The molecule has 1 heterocycles. The van der Waals surface area contributed by atoms with Crippen LogP contribution < -0.4 is 11.1 Å². The second-order valence-corrected chi connectivity index (χ2v) is 6.34. The third-order valence-electron chi connectivity index (χ3n) is 4.22. The standard InChI is InChI=1S/C18H26N4O4/c1-11-16(22-14-8-3-2-7-13(14)21-11)17(24)15(23)10-20-9-5-4-6-12(19)18(25)26/h2-3,7-8,12,15,17,20,23-24H,4-6,9-10,19H2,1H3,(H,25,26)/t12-,15?,17?/m0/s1. The second kappa shape index (κ2) is 9.54. The fraction of sp³-hybridized carbons (Fsp3) is 0.500. The van der Waals surface area contributed by atoms with Gasteiger partial charge in [-0.05, 0) is 38.4 Å². The SMILES string of the molecule is Cc1nc2ccccc2nc1C(O)C(O)CNCCCC[C@H](N)C(=O)O. The minimum Gasteiger partial charge on any atom is -0.480 e. The van der Waals surface area contributed by atoms with Gasteiger partial charge in [0, 0.05) is 6.54 Å². The van der Waals surface area contributed by atoms with Crippen LogP contribution in [-0.2, 0) is 4.79 Å². The fourth-order valence-corrected chi connectivity index (χ4v) is 2.66. The maximum Gasteiger partial charge on any atom is 0.320 e. The van der Waals surface area contributed by atoms with Crippen LogP contribution in [0.15, 0.2) is 24.3 Å². The van der Waals surface area contributed by atoms with Crippen molar-refractivity contribution in [3.8, 4) is 0 Å². The molecule has 1 aromatic heterocycles. The van der Waals surface area contributed by atoms with Crippen molar-refractivity contribution in [2.45, 2.75) is 44.4 Å². The molecule has 26 heavy (non-hydrogen) atoms. The Labute approximate surface area is 152 Å². The van der Waals surface area contributed by atoms with E-state index in [1.54, 1.807) is 6.92 Å². The number of nitrogens with two attached hydrogens (primary N) is 1. The molecule has 2 unspecified atom stereocenters. The van der Waals surface area contributed by atoms with E-state index in [1.807, 2.05) is 24.3 Å². The summed E-state index contributed by atoms with van der Waals surface area (Å²) in [5.41, 5.74) is 7.79. The Morgan fingerprint density at radius 2 is 1.85 bits per heavy atom. The smallest absolute Gasteiger partial charge is 0.320 e. The number of para-hydroxylation sites is 2. The first-order valence-corrected chi connectivity index (χ1v) is 8.68. The number of aliphatic carboxylic acids is 1. The Kier molecular flexibility index (Phi) is 7.40. The third-order valence-corrected chi connectivity index (χ3v) is 4.22. The number of benzene rings is 1. The van der Waals surface area contributed by atoms with E-state index in [0.29, 0.717) is 36.3 Å². The number of aliphatic hydroxyl groups excluding tert-OH is 2. The van der Waals surface area contributed by atoms with Crippen LogP contribution in [0.2, 0.25) is 0 Å². The predicted octanol–water partition coefficient (Wildman–Crippen LogP) is 0.504. The summed E-state index contributed by atoms with van der Waals surface area (Å²) >= 11 is 0. The van der Waals surface area contributed by atoms with Crippen molar-refractivity contribution in [2.75, 3.05) is 13.1 Å². The lowest BCUT2D eigenvalue weighted by Crippen LogP contribution is -2.33. The van der Waals surface area contributed by atoms with Crippen LogP contribution in [0.5, 0.6) is 0 Å². The van der Waals surface area contributed by atoms with Gasteiger partial charge in [-0.3, -0.25) is 4.79 Å². The van der Waals surface area contributed by atoms with Crippen LogP contribution in [0.25, 0.3) is 11.0 Å². The predicted molar refractivity (Wildman–Crippen MR) is 97.6 cm³/mol. The minimum absolute atomic E-state index is 0.195. The molecule has 0 radical (unpaired) electrons. The third kappa shape index (κ3) is 5.43. The van der Waals surface area contributed by atoms with E-state index in [-0.39, 0.29) is 6.54 Å². The monoisotopic (exact) mass is 362 g/mol. The van der Waals surface area contributed by atoms with Crippen LogP contribution >= 0.6 is 0 Å². The summed E-state index contributed by atoms with van der Waals surface area (Å²) < 4.78 is 0. The van der Waals surface area contributed by atoms with Crippen molar-refractivity contribution in [3.05, 3.63) is 35.7 Å². The average molecular weight is 362 g/mol.